The Bertz CT molecular complexity index is 3860. The number of rotatable bonds is 47. The van der Waals surface area contributed by atoms with Crippen molar-refractivity contribution in [3.63, 3.8) is 0 Å². The number of likely N-dealkylation sites (N-methyl/N-ethyl adjacent to an activating group) is 2. The minimum Gasteiger partial charge on any atom is -0.481 e. The van der Waals surface area contributed by atoms with Crippen molar-refractivity contribution >= 4 is 92.6 Å². The molecule has 0 saturated carbocycles. The van der Waals surface area contributed by atoms with Gasteiger partial charge in [0, 0.05) is 85.6 Å². The average Bonchev–Trinajstić information content (AvgIpc) is 1.55. The fourth-order valence-electron chi connectivity index (χ4n) is 14.9. The largest absolute Gasteiger partial charge is 0.481 e. The van der Waals surface area contributed by atoms with Crippen LogP contribution in [0, 0.1) is 23.7 Å². The Balaban J connectivity index is 1.06. The molecule has 7 rings (SSSR count). The first-order valence-corrected chi connectivity index (χ1v) is 40.7. The maximum Gasteiger partial charge on any atom is 0.410 e. The smallest absolute Gasteiger partial charge is 0.410 e. The Hall–Kier alpha value is -7.97. The molecule has 8 N–H and O–H groups in total. The molecule has 33 nitrogen and oxygen atoms in total. The summed E-state index contributed by atoms with van der Waals surface area (Å²) in [6, 6.07) is 8.43. The van der Waals surface area contributed by atoms with Crippen molar-refractivity contribution in [3.8, 4) is 5.75 Å². The molecule has 2 aromatic carbocycles. The quantitative estimate of drug-likeness (QED) is 0.0199. The van der Waals surface area contributed by atoms with Crippen LogP contribution in [0.15, 0.2) is 54.7 Å². The first kappa shape index (κ1) is 93.2. The summed E-state index contributed by atoms with van der Waals surface area (Å²) in [5.41, 5.74) is 1.35. The van der Waals surface area contributed by atoms with Gasteiger partial charge in [0.05, 0.1) is 107 Å². The van der Waals surface area contributed by atoms with E-state index in [0.29, 0.717) is 46.6 Å². The molecule has 634 valence electrons. The molecule has 3 saturated heterocycles. The number of hydrogen-bond donors (Lipinski definition) is 8. The fourth-order valence-corrected chi connectivity index (χ4v) is 17.6. The Morgan fingerprint density at radius 2 is 1.46 bits per heavy atom. The first-order chi connectivity index (χ1) is 54.1. The number of nitrogens with one attached hydrogen (secondary N) is 2. The number of thioether (sulfide) groups is 1. The number of aromatic nitrogens is 3. The van der Waals surface area contributed by atoms with E-state index in [1.54, 1.807) is 101 Å². The number of methoxy groups -OCH3 is 2. The lowest BCUT2D eigenvalue weighted by Crippen LogP contribution is -2.61. The van der Waals surface area contributed by atoms with Crippen LogP contribution in [0.4, 0.5) is 4.79 Å². The number of likely N-dealkylation sites (tertiary alicyclic amines) is 2. The first-order valence-electron chi connectivity index (χ1n) is 39.0. The minimum absolute atomic E-state index is 0.0127. The average molecular weight is 1640 g/mol. The van der Waals surface area contributed by atoms with Gasteiger partial charge in [-0.3, -0.25) is 43.4 Å². The van der Waals surface area contributed by atoms with Crippen molar-refractivity contribution in [1.82, 2.24) is 45.2 Å². The van der Waals surface area contributed by atoms with Gasteiger partial charge in [-0.2, -0.15) is 0 Å². The zero-order chi connectivity index (χ0) is 84.0. The van der Waals surface area contributed by atoms with E-state index in [9.17, 15) is 64.2 Å². The van der Waals surface area contributed by atoms with E-state index in [2.05, 4.69) is 41.7 Å². The Morgan fingerprint density at radius 1 is 0.798 bits per heavy atom. The normalized spacial score (nSPS) is 21.1. The van der Waals surface area contributed by atoms with Crippen LogP contribution in [0.3, 0.4) is 0 Å². The van der Waals surface area contributed by atoms with E-state index in [-0.39, 0.29) is 131 Å². The van der Waals surface area contributed by atoms with E-state index in [4.69, 9.17) is 37.9 Å². The number of ether oxygens (including phenoxy) is 8. The molecule has 0 radical (unpaired) electrons. The third kappa shape index (κ3) is 25.0. The number of amides is 7. The Kier molecular flexibility index (Phi) is 35.8. The SMILES string of the molecule is CCCC(C)(C)SC1CC(=O)N(CCOCCOCCOCCn2cc(CC(OC(=O)N(C)[C@H](C(=O)N[C@H](C(=O)N(C)[C@@H](C(C)CC)[C@@H](CC(=O)N3CCC[C@H]3[C@H](OC)[C@@H](C)C(=O)NC(Cc3ccccc3)C(=O)O)OC)C(C)C)C(C)C)c3ccc(O[C@@H]4O[C@H](C(=O)O)[C@@H](O)[C@H](O)[C@H]4O)c4cc(CCC(=O)O)sc34)nn2)C1=O. The highest BCUT2D eigenvalue weighted by Crippen LogP contribution is 2.43. The highest BCUT2D eigenvalue weighted by atomic mass is 32.2. The van der Waals surface area contributed by atoms with Gasteiger partial charge < -0.3 is 89.0 Å². The topological polar surface area (TPSA) is 434 Å². The Labute approximate surface area is 673 Å². The van der Waals surface area contributed by atoms with Crippen molar-refractivity contribution < 1.29 is 116 Å². The number of nitrogens with zero attached hydrogens (tertiary/aromatic N) is 7. The van der Waals surface area contributed by atoms with Crippen LogP contribution in [0.2, 0.25) is 0 Å². The molecule has 4 unspecified atom stereocenters. The number of aliphatic hydroxyl groups is 3. The lowest BCUT2D eigenvalue weighted by Gasteiger charge is -2.41. The molecule has 5 heterocycles. The summed E-state index contributed by atoms with van der Waals surface area (Å²) < 4.78 is 49.1. The number of aryl methyl sites for hydroxylation is 1. The number of carbonyl (C=O) groups is 10. The van der Waals surface area contributed by atoms with Gasteiger partial charge in [0.25, 0.3) is 0 Å². The van der Waals surface area contributed by atoms with Crippen molar-refractivity contribution in [3.05, 3.63) is 76.4 Å². The molecular weight excluding hydrogens is 1520 g/mol. The van der Waals surface area contributed by atoms with Crippen molar-refractivity contribution in [2.75, 3.05) is 81.0 Å². The number of carboxylic acids is 3. The number of hydrogen-bond acceptors (Lipinski definition) is 25. The predicted octanol–water partition coefficient (Wildman–Crippen LogP) is 5.52. The summed E-state index contributed by atoms with van der Waals surface area (Å²) in [4.78, 5) is 142. The molecule has 16 atom stereocenters. The van der Waals surface area contributed by atoms with Gasteiger partial charge in [-0.15, -0.1) is 28.2 Å². The predicted molar refractivity (Wildman–Crippen MR) is 419 cm³/mol. The third-order valence-corrected chi connectivity index (χ3v) is 23.9. The molecule has 4 aromatic rings. The zero-order valence-electron chi connectivity index (χ0n) is 67.7. The van der Waals surface area contributed by atoms with Gasteiger partial charge in [-0.25, -0.2) is 19.1 Å². The maximum absolute atomic E-state index is 15.2. The molecule has 114 heavy (non-hydrogen) atoms. The van der Waals surface area contributed by atoms with Crippen molar-refractivity contribution in [2.45, 2.75) is 236 Å². The highest BCUT2D eigenvalue weighted by Gasteiger charge is 2.50. The molecule has 3 fully saturated rings. The molecule has 0 bridgehead atoms. The second-order valence-electron chi connectivity index (χ2n) is 30.7. The zero-order valence-corrected chi connectivity index (χ0v) is 69.3. The number of imide groups is 1. The van der Waals surface area contributed by atoms with Crippen LogP contribution >= 0.6 is 23.1 Å². The number of carbonyl (C=O) groups excluding carboxylic acids is 7. The van der Waals surface area contributed by atoms with E-state index in [0.717, 1.165) is 34.6 Å². The lowest BCUT2D eigenvalue weighted by atomic mass is 9.89. The van der Waals surface area contributed by atoms with E-state index in [1.807, 2.05) is 13.8 Å². The number of fused-ring (bicyclic) bond motifs is 1. The van der Waals surface area contributed by atoms with Crippen LogP contribution < -0.4 is 15.4 Å². The second-order valence-corrected chi connectivity index (χ2v) is 33.7. The van der Waals surface area contributed by atoms with Crippen LogP contribution in [-0.2, 0) is 102 Å². The van der Waals surface area contributed by atoms with Gasteiger partial charge in [0.1, 0.15) is 48.3 Å². The lowest BCUT2D eigenvalue weighted by molar-refractivity contribution is -0.270. The molecule has 2 aromatic heterocycles. The summed E-state index contributed by atoms with van der Waals surface area (Å²) in [6.45, 7) is 20.6. The van der Waals surface area contributed by atoms with Gasteiger partial charge in [0.2, 0.25) is 41.7 Å². The van der Waals surface area contributed by atoms with Gasteiger partial charge in [0.15, 0.2) is 6.10 Å². The van der Waals surface area contributed by atoms with Gasteiger partial charge in [-0.05, 0) is 61.1 Å². The summed E-state index contributed by atoms with van der Waals surface area (Å²) in [6.07, 6.45) is -9.15. The van der Waals surface area contributed by atoms with Gasteiger partial charge >= 0.3 is 24.0 Å². The monoisotopic (exact) mass is 1640 g/mol. The maximum atomic E-state index is 15.2. The van der Waals surface area contributed by atoms with Crippen LogP contribution in [0.1, 0.15) is 148 Å². The molecule has 0 spiro atoms. The molecule has 3 aliphatic heterocycles. The van der Waals surface area contributed by atoms with E-state index < -0.39 is 144 Å². The van der Waals surface area contributed by atoms with Crippen LogP contribution in [0.25, 0.3) is 10.1 Å². The highest BCUT2D eigenvalue weighted by molar-refractivity contribution is 8.02. The second kappa shape index (κ2) is 43.8. The molecule has 35 heteroatoms. The number of carboxylic acid groups (broad SMARTS) is 3. The molecule has 7 amide bonds. The standard InChI is InChI=1S/C79H117N9O24S2/c1-15-28-79(9,10)114-58-42-60(90)88(73(58)98)31-33-108-35-37-109-36-34-107-32-30-86-43-49(82-83-86)39-56(51-25-26-55(52-40-50(113-70(51)52)24-27-61(91)92)110-77-67(95)65(93)66(94)69(112-77)76(102)103)111-78(104)85(12)63(45(5)6)72(97)81-62(44(3)4)74(99)84(11)64(46(7)16-2)57(105-13)41-59(89)87-29-20-23-54(87)68(106-14)47(8)71(96)80-53(75(100)101)38-48-21-18-17-19-22-48/h17-19,21-22,25-26,40,43-47,53-54,56-58,62-69,77,93-95H,15-16,20,23-24,27-39,41-42H2,1-14H3,(H,80,96)(H,81,97)(H,91,92)(H,100,101)(H,102,103)/t46?,47-,53?,54+,56?,57-,58?,62+,63+,64+,65+,66+,67-,68-,69+,77-/m1/s1. The van der Waals surface area contributed by atoms with Crippen molar-refractivity contribution in [2.24, 2.45) is 23.7 Å². The van der Waals surface area contributed by atoms with Gasteiger partial charge in [-0.1, -0.05) is 124 Å². The Morgan fingerprint density at radius 3 is 2.07 bits per heavy atom. The summed E-state index contributed by atoms with van der Waals surface area (Å²) in [7, 11) is 5.84. The van der Waals surface area contributed by atoms with Crippen LogP contribution in [0.5, 0.6) is 5.75 Å². The number of thiophene rings is 1. The fraction of sp³-hybridized carbons (Fsp3) is 0.671. The summed E-state index contributed by atoms with van der Waals surface area (Å²) in [5.74, 6) is -8.83. The molecule has 3 aliphatic rings. The number of aliphatic hydroxyl groups excluding tert-OH is 3. The third-order valence-electron chi connectivity index (χ3n) is 21.1. The summed E-state index contributed by atoms with van der Waals surface area (Å²) >= 11 is 2.66. The van der Waals surface area contributed by atoms with E-state index >= 15 is 14.4 Å². The van der Waals surface area contributed by atoms with Crippen molar-refractivity contribution in [1.29, 1.82) is 0 Å². The molecule has 0 aliphatic carbocycles. The van der Waals surface area contributed by atoms with Crippen LogP contribution in [-0.4, -0.2) is 289 Å². The number of benzene rings is 2. The van der Waals surface area contributed by atoms with E-state index in [1.165, 1.54) is 47.9 Å². The number of aliphatic carboxylic acids is 3. The molecular formula is C79H117N9O24S2. The minimum atomic E-state index is -2.03. The summed E-state index contributed by atoms with van der Waals surface area (Å²) in [5, 5.41) is 76.1.